The SMILES string of the molecule is CC1SCCN(C(=O)c2cc3ccccc3cc2N)C1C. The first kappa shape index (κ1) is 14.3. The van der Waals surface area contributed by atoms with Gasteiger partial charge in [-0.15, -0.1) is 0 Å². The number of carbonyl (C=O) groups excluding carboxylic acids is 1. The van der Waals surface area contributed by atoms with E-state index in [1.54, 1.807) is 0 Å². The lowest BCUT2D eigenvalue weighted by Gasteiger charge is -2.37. The summed E-state index contributed by atoms with van der Waals surface area (Å²) >= 11 is 1.92. The molecule has 0 saturated carbocycles. The van der Waals surface area contributed by atoms with Crippen LogP contribution in [-0.2, 0) is 0 Å². The van der Waals surface area contributed by atoms with E-state index in [0.717, 1.165) is 23.1 Å². The monoisotopic (exact) mass is 300 g/mol. The Balaban J connectivity index is 1.99. The number of hydrogen-bond donors (Lipinski definition) is 1. The quantitative estimate of drug-likeness (QED) is 0.821. The number of rotatable bonds is 1. The van der Waals surface area contributed by atoms with Crippen LogP contribution in [0.25, 0.3) is 10.8 Å². The van der Waals surface area contributed by atoms with Crippen molar-refractivity contribution in [1.29, 1.82) is 0 Å². The minimum absolute atomic E-state index is 0.0536. The first-order valence-electron chi connectivity index (χ1n) is 7.29. The topological polar surface area (TPSA) is 46.3 Å². The second-order valence-electron chi connectivity index (χ2n) is 5.60. The minimum Gasteiger partial charge on any atom is -0.398 e. The van der Waals surface area contributed by atoms with Crippen molar-refractivity contribution in [2.24, 2.45) is 0 Å². The van der Waals surface area contributed by atoms with Crippen molar-refractivity contribution < 1.29 is 4.79 Å². The molecule has 4 heteroatoms. The second-order valence-corrected chi connectivity index (χ2v) is 7.09. The predicted molar refractivity (Wildman–Crippen MR) is 90.8 cm³/mol. The Morgan fingerprint density at radius 1 is 1.24 bits per heavy atom. The van der Waals surface area contributed by atoms with Crippen LogP contribution in [0.15, 0.2) is 36.4 Å². The van der Waals surface area contributed by atoms with Crippen LogP contribution in [-0.4, -0.2) is 34.4 Å². The van der Waals surface area contributed by atoms with E-state index in [0.29, 0.717) is 16.5 Å². The number of hydrogen-bond acceptors (Lipinski definition) is 3. The summed E-state index contributed by atoms with van der Waals surface area (Å²) in [6.45, 7) is 5.09. The number of carbonyl (C=O) groups is 1. The van der Waals surface area contributed by atoms with Crippen molar-refractivity contribution in [3.05, 3.63) is 42.0 Å². The van der Waals surface area contributed by atoms with E-state index in [1.165, 1.54) is 0 Å². The van der Waals surface area contributed by atoms with Crippen molar-refractivity contribution in [2.75, 3.05) is 18.0 Å². The van der Waals surface area contributed by atoms with Gasteiger partial charge in [0.05, 0.1) is 5.56 Å². The minimum atomic E-state index is 0.0536. The number of amides is 1. The summed E-state index contributed by atoms with van der Waals surface area (Å²) in [6.07, 6.45) is 0. The van der Waals surface area contributed by atoms with Crippen molar-refractivity contribution in [3.8, 4) is 0 Å². The van der Waals surface area contributed by atoms with Gasteiger partial charge in [0.2, 0.25) is 0 Å². The van der Waals surface area contributed by atoms with Gasteiger partial charge in [-0.3, -0.25) is 4.79 Å². The molecule has 1 amide bonds. The highest BCUT2D eigenvalue weighted by Gasteiger charge is 2.30. The first-order chi connectivity index (χ1) is 10.1. The summed E-state index contributed by atoms with van der Waals surface area (Å²) in [5, 5.41) is 2.59. The summed E-state index contributed by atoms with van der Waals surface area (Å²) in [6, 6.07) is 12.1. The van der Waals surface area contributed by atoms with E-state index in [2.05, 4.69) is 13.8 Å². The van der Waals surface area contributed by atoms with Crippen molar-refractivity contribution in [2.45, 2.75) is 25.1 Å². The second kappa shape index (κ2) is 5.60. The molecule has 1 aliphatic rings. The van der Waals surface area contributed by atoms with Crippen molar-refractivity contribution >= 4 is 34.1 Å². The molecule has 2 atom stereocenters. The van der Waals surface area contributed by atoms with Crippen molar-refractivity contribution in [3.63, 3.8) is 0 Å². The van der Waals surface area contributed by atoms with Crippen LogP contribution in [0.5, 0.6) is 0 Å². The summed E-state index contributed by atoms with van der Waals surface area (Å²) in [5.41, 5.74) is 7.31. The molecular formula is C17H20N2OS. The molecule has 0 bridgehead atoms. The average molecular weight is 300 g/mol. The molecule has 0 aromatic heterocycles. The fourth-order valence-corrected chi connectivity index (χ4v) is 3.92. The van der Waals surface area contributed by atoms with E-state index in [9.17, 15) is 4.79 Å². The Hall–Kier alpha value is -1.68. The van der Waals surface area contributed by atoms with E-state index < -0.39 is 0 Å². The maximum Gasteiger partial charge on any atom is 0.256 e. The highest BCUT2D eigenvalue weighted by molar-refractivity contribution is 8.00. The molecule has 1 heterocycles. The molecule has 1 saturated heterocycles. The molecule has 0 spiro atoms. The van der Waals surface area contributed by atoms with Crippen LogP contribution >= 0.6 is 11.8 Å². The van der Waals surface area contributed by atoms with E-state index in [-0.39, 0.29) is 11.9 Å². The molecular weight excluding hydrogens is 280 g/mol. The van der Waals surface area contributed by atoms with Gasteiger partial charge >= 0.3 is 0 Å². The predicted octanol–water partition coefficient (Wildman–Crippen LogP) is 3.39. The van der Waals surface area contributed by atoms with E-state index >= 15 is 0 Å². The van der Waals surface area contributed by atoms with Gasteiger partial charge in [-0.2, -0.15) is 11.8 Å². The van der Waals surface area contributed by atoms with Crippen LogP contribution in [0.3, 0.4) is 0 Å². The summed E-state index contributed by atoms with van der Waals surface area (Å²) < 4.78 is 0. The third kappa shape index (κ3) is 2.60. The highest BCUT2D eigenvalue weighted by atomic mass is 32.2. The smallest absolute Gasteiger partial charge is 0.256 e. The largest absolute Gasteiger partial charge is 0.398 e. The molecule has 0 aliphatic carbocycles. The molecule has 3 rings (SSSR count). The summed E-state index contributed by atoms with van der Waals surface area (Å²) in [4.78, 5) is 14.8. The molecule has 1 aliphatic heterocycles. The van der Waals surface area contributed by atoms with E-state index in [1.807, 2.05) is 53.1 Å². The Morgan fingerprint density at radius 2 is 1.90 bits per heavy atom. The number of benzene rings is 2. The Bertz CT molecular complexity index is 686. The van der Waals surface area contributed by atoms with Gasteiger partial charge in [0.15, 0.2) is 0 Å². The number of anilines is 1. The van der Waals surface area contributed by atoms with Crippen LogP contribution < -0.4 is 5.73 Å². The standard InChI is InChI=1S/C17H20N2OS/c1-11-12(2)21-8-7-19(11)17(20)15-9-13-5-3-4-6-14(13)10-16(15)18/h3-6,9-12H,7-8,18H2,1-2H3. The van der Waals surface area contributed by atoms with Gasteiger partial charge in [0.1, 0.15) is 0 Å². The number of thioether (sulfide) groups is 1. The molecule has 1 fully saturated rings. The molecule has 2 aromatic rings. The lowest BCUT2D eigenvalue weighted by Crippen LogP contribution is -2.48. The number of nitrogen functional groups attached to an aromatic ring is 1. The zero-order valence-corrected chi connectivity index (χ0v) is 13.2. The van der Waals surface area contributed by atoms with Crippen LogP contribution in [0.4, 0.5) is 5.69 Å². The van der Waals surface area contributed by atoms with Gasteiger partial charge in [-0.05, 0) is 29.8 Å². The summed E-state index contributed by atoms with van der Waals surface area (Å²) in [5.74, 6) is 1.04. The van der Waals surface area contributed by atoms with Gasteiger partial charge in [-0.1, -0.05) is 31.2 Å². The zero-order chi connectivity index (χ0) is 15.0. The van der Waals surface area contributed by atoms with Crippen LogP contribution in [0, 0.1) is 0 Å². The Kier molecular flexibility index (Phi) is 3.81. The third-order valence-electron chi connectivity index (χ3n) is 4.29. The van der Waals surface area contributed by atoms with Gasteiger partial charge in [0, 0.05) is 29.3 Å². The summed E-state index contributed by atoms with van der Waals surface area (Å²) in [7, 11) is 0. The Morgan fingerprint density at radius 3 is 2.62 bits per heavy atom. The maximum atomic E-state index is 12.9. The lowest BCUT2D eigenvalue weighted by molar-refractivity contribution is 0.0699. The van der Waals surface area contributed by atoms with E-state index in [4.69, 9.17) is 5.73 Å². The lowest BCUT2D eigenvalue weighted by atomic mass is 10.0. The molecule has 21 heavy (non-hydrogen) atoms. The van der Waals surface area contributed by atoms with Gasteiger partial charge < -0.3 is 10.6 Å². The van der Waals surface area contributed by atoms with Crippen LogP contribution in [0.1, 0.15) is 24.2 Å². The number of fused-ring (bicyclic) bond motifs is 1. The van der Waals surface area contributed by atoms with Gasteiger partial charge in [-0.25, -0.2) is 0 Å². The molecule has 2 N–H and O–H groups in total. The fraction of sp³-hybridized carbons (Fsp3) is 0.353. The molecule has 2 unspecified atom stereocenters. The third-order valence-corrected chi connectivity index (χ3v) is 5.63. The highest BCUT2D eigenvalue weighted by Crippen LogP contribution is 2.28. The normalized spacial score (nSPS) is 22.5. The molecule has 110 valence electrons. The first-order valence-corrected chi connectivity index (χ1v) is 8.33. The Labute approximate surface area is 129 Å². The zero-order valence-electron chi connectivity index (χ0n) is 12.4. The molecule has 3 nitrogen and oxygen atoms in total. The number of nitrogens with zero attached hydrogens (tertiary/aromatic N) is 1. The van der Waals surface area contributed by atoms with Crippen LogP contribution in [0.2, 0.25) is 0 Å². The molecule has 0 radical (unpaired) electrons. The number of nitrogens with two attached hydrogens (primary N) is 1. The fourth-order valence-electron chi connectivity index (χ4n) is 2.82. The van der Waals surface area contributed by atoms with Gasteiger partial charge in [0.25, 0.3) is 5.91 Å². The average Bonchev–Trinajstić information content (AvgIpc) is 2.48. The maximum absolute atomic E-state index is 12.9. The molecule has 2 aromatic carbocycles. The van der Waals surface area contributed by atoms with Crippen molar-refractivity contribution in [1.82, 2.24) is 4.90 Å².